The van der Waals surface area contributed by atoms with E-state index in [4.69, 9.17) is 5.11 Å². The molecule has 7 heteroatoms. The van der Waals surface area contributed by atoms with Gasteiger partial charge in [0.15, 0.2) is 0 Å². The molecule has 1 aliphatic heterocycles. The highest BCUT2D eigenvalue weighted by Crippen LogP contribution is 2.22. The van der Waals surface area contributed by atoms with Gasteiger partial charge in [-0.2, -0.15) is 0 Å². The third-order valence-corrected chi connectivity index (χ3v) is 3.52. The molecule has 0 aliphatic carbocycles. The zero-order valence-corrected chi connectivity index (χ0v) is 10.1. The van der Waals surface area contributed by atoms with Crippen LogP contribution in [0.25, 0.3) is 0 Å². The quantitative estimate of drug-likeness (QED) is 0.860. The maximum Gasteiger partial charge on any atom is 0.327 e. The third kappa shape index (κ3) is 2.73. The summed E-state index contributed by atoms with van der Waals surface area (Å²) in [6, 6.07) is 4.10. The Morgan fingerprint density at radius 2 is 2.28 bits per heavy atom. The van der Waals surface area contributed by atoms with Gasteiger partial charge in [-0.15, -0.1) is 11.8 Å². The van der Waals surface area contributed by atoms with E-state index in [1.807, 2.05) is 0 Å². The first-order valence-electron chi connectivity index (χ1n) is 5.21. The molecule has 1 aliphatic rings. The summed E-state index contributed by atoms with van der Waals surface area (Å²) in [7, 11) is 0. The van der Waals surface area contributed by atoms with Crippen molar-refractivity contribution < 1.29 is 19.1 Å². The summed E-state index contributed by atoms with van der Waals surface area (Å²) < 4.78 is 12.9. The van der Waals surface area contributed by atoms with E-state index in [0.717, 1.165) is 0 Å². The van der Waals surface area contributed by atoms with Crippen LogP contribution in [0.15, 0.2) is 24.3 Å². The molecule has 1 atom stereocenters. The smallest absolute Gasteiger partial charge is 0.327 e. The maximum absolute atomic E-state index is 12.9. The second kappa shape index (κ2) is 5.26. The molecule has 0 radical (unpaired) electrons. The Balaban J connectivity index is 2.06. The van der Waals surface area contributed by atoms with Crippen molar-refractivity contribution in [2.45, 2.75) is 6.04 Å². The highest BCUT2D eigenvalue weighted by Gasteiger charge is 2.34. The van der Waals surface area contributed by atoms with Crippen LogP contribution in [0.1, 0.15) is 0 Å². The van der Waals surface area contributed by atoms with Gasteiger partial charge >= 0.3 is 12.0 Å². The van der Waals surface area contributed by atoms with Crippen molar-refractivity contribution in [1.29, 1.82) is 0 Å². The molecular weight excluding hydrogens is 259 g/mol. The van der Waals surface area contributed by atoms with E-state index < -0.39 is 23.9 Å². The number of hydrogen-bond donors (Lipinski definition) is 2. The van der Waals surface area contributed by atoms with E-state index in [2.05, 4.69) is 5.32 Å². The predicted molar refractivity (Wildman–Crippen MR) is 66.0 cm³/mol. The van der Waals surface area contributed by atoms with E-state index in [0.29, 0.717) is 17.3 Å². The molecule has 0 unspecified atom stereocenters. The summed E-state index contributed by atoms with van der Waals surface area (Å²) in [5.74, 6) is -0.808. The molecule has 5 nitrogen and oxygen atoms in total. The standard InChI is InChI=1S/C11H11FN2O3S/c12-7-2-1-3-8(4-7)13-11(17)14-6-18-5-9(14)10(15)16/h1-4,9H,5-6H2,(H,13,17)(H,15,16)/t9-/m0/s1. The molecule has 2 amide bonds. The predicted octanol–water partition coefficient (Wildman–Crippen LogP) is 1.82. The molecule has 0 aromatic heterocycles. The van der Waals surface area contributed by atoms with Crippen LogP contribution in [0.3, 0.4) is 0 Å². The van der Waals surface area contributed by atoms with E-state index >= 15 is 0 Å². The first kappa shape index (κ1) is 12.7. The lowest BCUT2D eigenvalue weighted by Crippen LogP contribution is -2.43. The Kier molecular flexibility index (Phi) is 3.71. The number of nitrogens with one attached hydrogen (secondary N) is 1. The van der Waals surface area contributed by atoms with Gasteiger partial charge in [0, 0.05) is 11.4 Å². The normalized spacial score (nSPS) is 18.7. The van der Waals surface area contributed by atoms with E-state index in [1.54, 1.807) is 6.07 Å². The molecule has 2 rings (SSSR count). The number of benzene rings is 1. The van der Waals surface area contributed by atoms with Gasteiger partial charge in [0.25, 0.3) is 0 Å². The van der Waals surface area contributed by atoms with Crippen molar-refractivity contribution in [1.82, 2.24) is 4.90 Å². The number of thioether (sulfide) groups is 1. The fourth-order valence-electron chi connectivity index (χ4n) is 1.61. The number of carbonyl (C=O) groups excluding carboxylic acids is 1. The van der Waals surface area contributed by atoms with E-state index in [1.165, 1.54) is 34.9 Å². The summed E-state index contributed by atoms with van der Waals surface area (Å²) in [5.41, 5.74) is 0.307. The minimum atomic E-state index is -1.03. The van der Waals surface area contributed by atoms with Crippen molar-refractivity contribution in [3.8, 4) is 0 Å². The monoisotopic (exact) mass is 270 g/mol. The average Bonchev–Trinajstić information content (AvgIpc) is 2.77. The number of halogens is 1. The van der Waals surface area contributed by atoms with Crippen molar-refractivity contribution >= 4 is 29.4 Å². The Morgan fingerprint density at radius 3 is 2.94 bits per heavy atom. The average molecular weight is 270 g/mol. The number of hydrogen-bond acceptors (Lipinski definition) is 3. The van der Waals surface area contributed by atoms with Crippen LogP contribution in [0.5, 0.6) is 0 Å². The number of urea groups is 1. The van der Waals surface area contributed by atoms with Gasteiger partial charge in [-0.25, -0.2) is 14.0 Å². The summed E-state index contributed by atoms with van der Waals surface area (Å²) >= 11 is 1.37. The first-order chi connectivity index (χ1) is 8.58. The molecule has 1 fully saturated rings. The molecule has 2 N–H and O–H groups in total. The van der Waals surface area contributed by atoms with Crippen LogP contribution in [0.2, 0.25) is 0 Å². The van der Waals surface area contributed by atoms with Crippen LogP contribution >= 0.6 is 11.8 Å². The summed E-state index contributed by atoms with van der Waals surface area (Å²) in [6.45, 7) is 0. The molecule has 1 saturated heterocycles. The lowest BCUT2D eigenvalue weighted by atomic mass is 10.3. The number of carbonyl (C=O) groups is 2. The van der Waals surface area contributed by atoms with Gasteiger partial charge in [0.2, 0.25) is 0 Å². The van der Waals surface area contributed by atoms with Gasteiger partial charge in [0.05, 0.1) is 5.88 Å². The largest absolute Gasteiger partial charge is 0.480 e. The van der Waals surface area contributed by atoms with Crippen LogP contribution in [0, 0.1) is 5.82 Å². The number of carboxylic acids is 1. The van der Waals surface area contributed by atoms with Crippen molar-refractivity contribution in [3.63, 3.8) is 0 Å². The molecule has 1 heterocycles. The number of nitrogens with zero attached hydrogens (tertiary/aromatic N) is 1. The highest BCUT2D eigenvalue weighted by molar-refractivity contribution is 7.99. The van der Waals surface area contributed by atoms with Crippen molar-refractivity contribution in [3.05, 3.63) is 30.1 Å². The number of anilines is 1. The van der Waals surface area contributed by atoms with Gasteiger partial charge in [0.1, 0.15) is 11.9 Å². The number of amides is 2. The van der Waals surface area contributed by atoms with Gasteiger partial charge in [-0.05, 0) is 18.2 Å². The van der Waals surface area contributed by atoms with Gasteiger partial charge in [-0.3, -0.25) is 0 Å². The molecule has 0 bridgehead atoms. The number of carboxylic acid groups (broad SMARTS) is 1. The Morgan fingerprint density at radius 1 is 1.50 bits per heavy atom. The van der Waals surface area contributed by atoms with Crippen molar-refractivity contribution in [2.75, 3.05) is 16.9 Å². The molecule has 0 spiro atoms. The fraction of sp³-hybridized carbons (Fsp3) is 0.273. The Labute approximate surface area is 107 Å². The second-order valence-electron chi connectivity index (χ2n) is 3.76. The zero-order chi connectivity index (χ0) is 13.1. The number of rotatable bonds is 2. The van der Waals surface area contributed by atoms with E-state index in [9.17, 15) is 14.0 Å². The zero-order valence-electron chi connectivity index (χ0n) is 9.30. The second-order valence-corrected chi connectivity index (χ2v) is 4.76. The van der Waals surface area contributed by atoms with E-state index in [-0.39, 0.29) is 0 Å². The Hall–Kier alpha value is -1.76. The minimum absolute atomic E-state index is 0.307. The summed E-state index contributed by atoms with van der Waals surface area (Å²) in [6.07, 6.45) is 0. The minimum Gasteiger partial charge on any atom is -0.480 e. The SMILES string of the molecule is O=C(O)[C@@H]1CSCN1C(=O)Nc1cccc(F)c1. The first-order valence-corrected chi connectivity index (χ1v) is 6.37. The van der Waals surface area contributed by atoms with Crippen LogP contribution in [-0.4, -0.2) is 39.7 Å². The topological polar surface area (TPSA) is 69.6 Å². The molecule has 0 saturated carbocycles. The summed E-state index contributed by atoms with van der Waals surface area (Å²) in [5, 5.41) is 11.4. The highest BCUT2D eigenvalue weighted by atomic mass is 32.2. The molecule has 1 aromatic rings. The molecule has 96 valence electrons. The lowest BCUT2D eigenvalue weighted by Gasteiger charge is -2.20. The lowest BCUT2D eigenvalue weighted by molar-refractivity contribution is -0.140. The number of aliphatic carboxylic acids is 1. The maximum atomic E-state index is 12.9. The Bertz CT molecular complexity index is 483. The third-order valence-electron chi connectivity index (χ3n) is 2.50. The molecule has 1 aromatic carbocycles. The van der Waals surface area contributed by atoms with Gasteiger partial charge in [-0.1, -0.05) is 6.07 Å². The van der Waals surface area contributed by atoms with Crippen LogP contribution in [-0.2, 0) is 4.79 Å². The van der Waals surface area contributed by atoms with Crippen LogP contribution < -0.4 is 5.32 Å². The fourth-order valence-corrected chi connectivity index (χ4v) is 2.75. The summed E-state index contributed by atoms with van der Waals surface area (Å²) in [4.78, 5) is 24.0. The van der Waals surface area contributed by atoms with Crippen LogP contribution in [0.4, 0.5) is 14.9 Å². The molecular formula is C11H11FN2O3S. The van der Waals surface area contributed by atoms with Gasteiger partial charge < -0.3 is 15.3 Å². The van der Waals surface area contributed by atoms with Crippen molar-refractivity contribution in [2.24, 2.45) is 0 Å². The molecule has 18 heavy (non-hydrogen) atoms.